The molecule has 2 atom stereocenters. The second-order valence-corrected chi connectivity index (χ2v) is 7.71. The summed E-state index contributed by atoms with van der Waals surface area (Å²) in [6.07, 6.45) is 2.43. The van der Waals surface area contributed by atoms with E-state index in [1.54, 1.807) is 25.1 Å². The highest BCUT2D eigenvalue weighted by Gasteiger charge is 2.26. The zero-order valence-electron chi connectivity index (χ0n) is 13.0. The minimum absolute atomic E-state index is 0.00311. The molecule has 1 aliphatic heterocycles. The van der Waals surface area contributed by atoms with Crippen LogP contribution in [0.2, 0.25) is 0 Å². The molecule has 0 bridgehead atoms. The van der Waals surface area contributed by atoms with Crippen molar-refractivity contribution in [2.45, 2.75) is 50.2 Å². The maximum atomic E-state index is 12.5. The molecule has 0 unspecified atom stereocenters. The molecule has 1 aliphatic rings. The zero-order valence-corrected chi connectivity index (χ0v) is 13.9. The largest absolute Gasteiger partial charge is 0.376 e. The monoisotopic (exact) mass is 325 g/mol. The van der Waals surface area contributed by atoms with E-state index in [-0.39, 0.29) is 34.3 Å². The first kappa shape index (κ1) is 17.0. The standard InChI is InChI=1S/C16H23NO4S/c1-3-11-22(19,20)15-9-5-4-7-13(15)16(18)17-12(2)14-8-6-10-21-14/h4-5,7,9,12,14H,3,6,8,10-11H2,1-2H3,(H,17,18)/t12-,14+/m1/s1. The summed E-state index contributed by atoms with van der Waals surface area (Å²) in [6, 6.07) is 6.23. The normalized spacial score (nSPS) is 19.8. The Balaban J connectivity index is 2.19. The van der Waals surface area contributed by atoms with E-state index >= 15 is 0 Å². The third-order valence-corrected chi connectivity index (χ3v) is 5.79. The molecule has 2 rings (SSSR count). The van der Waals surface area contributed by atoms with E-state index in [9.17, 15) is 13.2 Å². The van der Waals surface area contributed by atoms with Crippen LogP contribution >= 0.6 is 0 Å². The minimum Gasteiger partial charge on any atom is -0.376 e. The lowest BCUT2D eigenvalue weighted by Gasteiger charge is -2.20. The molecular formula is C16H23NO4S. The fraction of sp³-hybridized carbons (Fsp3) is 0.562. The number of sulfone groups is 1. The van der Waals surface area contributed by atoms with Crippen LogP contribution in [0.3, 0.4) is 0 Å². The van der Waals surface area contributed by atoms with Crippen LogP contribution in [-0.2, 0) is 14.6 Å². The second kappa shape index (κ2) is 7.24. The lowest BCUT2D eigenvalue weighted by molar-refractivity contribution is 0.0710. The van der Waals surface area contributed by atoms with Crippen molar-refractivity contribution in [2.75, 3.05) is 12.4 Å². The fourth-order valence-electron chi connectivity index (χ4n) is 2.68. The molecule has 1 heterocycles. The number of hydrogen-bond acceptors (Lipinski definition) is 4. The molecule has 1 N–H and O–H groups in total. The molecule has 122 valence electrons. The van der Waals surface area contributed by atoms with Crippen LogP contribution in [0.15, 0.2) is 29.2 Å². The SMILES string of the molecule is CCCS(=O)(=O)c1ccccc1C(=O)N[C@H](C)[C@@H]1CCCO1. The van der Waals surface area contributed by atoms with Gasteiger partial charge in [0.1, 0.15) is 0 Å². The molecule has 22 heavy (non-hydrogen) atoms. The molecule has 1 aromatic rings. The number of rotatable bonds is 6. The fourth-order valence-corrected chi connectivity index (χ4v) is 4.22. The first-order valence-electron chi connectivity index (χ1n) is 7.70. The molecule has 1 fully saturated rings. The van der Waals surface area contributed by atoms with Crippen LogP contribution in [0.5, 0.6) is 0 Å². The van der Waals surface area contributed by atoms with E-state index in [4.69, 9.17) is 4.74 Å². The molecule has 5 nitrogen and oxygen atoms in total. The molecule has 0 radical (unpaired) electrons. The van der Waals surface area contributed by atoms with E-state index in [0.717, 1.165) is 12.8 Å². The Bertz CT molecular complexity index is 621. The summed E-state index contributed by atoms with van der Waals surface area (Å²) in [6.45, 7) is 4.41. The van der Waals surface area contributed by atoms with Gasteiger partial charge in [-0.3, -0.25) is 4.79 Å². The molecule has 0 saturated carbocycles. The van der Waals surface area contributed by atoms with Gasteiger partial charge in [0.05, 0.1) is 28.4 Å². The van der Waals surface area contributed by atoms with Crippen LogP contribution in [-0.4, -0.2) is 38.8 Å². The van der Waals surface area contributed by atoms with Crippen molar-refractivity contribution in [3.63, 3.8) is 0 Å². The zero-order chi connectivity index (χ0) is 16.2. The Morgan fingerprint density at radius 1 is 1.41 bits per heavy atom. The van der Waals surface area contributed by atoms with Gasteiger partial charge in [0.2, 0.25) is 0 Å². The Morgan fingerprint density at radius 3 is 2.77 bits per heavy atom. The first-order chi connectivity index (χ1) is 10.5. The van der Waals surface area contributed by atoms with Gasteiger partial charge < -0.3 is 10.1 Å². The summed E-state index contributed by atoms with van der Waals surface area (Å²) in [4.78, 5) is 12.6. The van der Waals surface area contributed by atoms with Gasteiger partial charge in [0.25, 0.3) is 5.91 Å². The van der Waals surface area contributed by atoms with E-state index in [0.29, 0.717) is 13.0 Å². The number of amides is 1. The van der Waals surface area contributed by atoms with E-state index in [2.05, 4.69) is 5.32 Å². The molecule has 1 amide bonds. The Labute approximate surface area is 132 Å². The van der Waals surface area contributed by atoms with Crippen LogP contribution in [0.4, 0.5) is 0 Å². The predicted molar refractivity (Wildman–Crippen MR) is 84.7 cm³/mol. The topological polar surface area (TPSA) is 72.5 Å². The minimum atomic E-state index is -3.43. The maximum absolute atomic E-state index is 12.5. The summed E-state index contributed by atoms with van der Waals surface area (Å²) in [7, 11) is -3.43. The number of ether oxygens (including phenoxy) is 1. The number of carbonyl (C=O) groups excluding carboxylic acids is 1. The maximum Gasteiger partial charge on any atom is 0.252 e. The molecule has 0 aliphatic carbocycles. The second-order valence-electron chi connectivity index (χ2n) is 5.63. The quantitative estimate of drug-likeness (QED) is 0.870. The molecule has 0 spiro atoms. The number of benzene rings is 1. The first-order valence-corrected chi connectivity index (χ1v) is 9.35. The third-order valence-electron chi connectivity index (χ3n) is 3.82. The summed E-state index contributed by atoms with van der Waals surface area (Å²) < 4.78 is 30.1. The van der Waals surface area contributed by atoms with Crippen molar-refractivity contribution < 1.29 is 17.9 Å². The predicted octanol–water partition coefficient (Wildman–Crippen LogP) is 2.17. The van der Waals surface area contributed by atoms with Crippen molar-refractivity contribution >= 4 is 15.7 Å². The Hall–Kier alpha value is -1.40. The smallest absolute Gasteiger partial charge is 0.252 e. The lowest BCUT2D eigenvalue weighted by Crippen LogP contribution is -2.41. The van der Waals surface area contributed by atoms with Gasteiger partial charge >= 0.3 is 0 Å². The third kappa shape index (κ3) is 3.87. The van der Waals surface area contributed by atoms with Gasteiger partial charge in [0, 0.05) is 6.61 Å². The van der Waals surface area contributed by atoms with Gasteiger partial charge in [0.15, 0.2) is 9.84 Å². The van der Waals surface area contributed by atoms with Crippen molar-refractivity contribution in [3.8, 4) is 0 Å². The van der Waals surface area contributed by atoms with Crippen LogP contribution in [0.1, 0.15) is 43.5 Å². The molecular weight excluding hydrogens is 302 g/mol. The van der Waals surface area contributed by atoms with Crippen molar-refractivity contribution in [2.24, 2.45) is 0 Å². The Kier molecular flexibility index (Phi) is 5.58. The van der Waals surface area contributed by atoms with Crippen LogP contribution < -0.4 is 5.32 Å². The summed E-state index contributed by atoms with van der Waals surface area (Å²) in [5, 5.41) is 2.86. The average Bonchev–Trinajstić information content (AvgIpc) is 3.01. The highest BCUT2D eigenvalue weighted by atomic mass is 32.2. The summed E-state index contributed by atoms with van der Waals surface area (Å²) in [5.41, 5.74) is 0.209. The Morgan fingerprint density at radius 2 is 2.14 bits per heavy atom. The van der Waals surface area contributed by atoms with Gasteiger partial charge in [-0.15, -0.1) is 0 Å². The molecule has 6 heteroatoms. The van der Waals surface area contributed by atoms with Gasteiger partial charge in [-0.2, -0.15) is 0 Å². The lowest BCUT2D eigenvalue weighted by atomic mass is 10.1. The molecule has 0 aromatic heterocycles. The van der Waals surface area contributed by atoms with Gasteiger partial charge in [-0.05, 0) is 38.3 Å². The molecule has 1 aromatic carbocycles. The van der Waals surface area contributed by atoms with Crippen LogP contribution in [0.25, 0.3) is 0 Å². The molecule has 1 saturated heterocycles. The number of nitrogens with one attached hydrogen (secondary N) is 1. The summed E-state index contributed by atoms with van der Waals surface area (Å²) >= 11 is 0. The highest BCUT2D eigenvalue weighted by molar-refractivity contribution is 7.91. The average molecular weight is 325 g/mol. The number of hydrogen-bond donors (Lipinski definition) is 1. The van der Waals surface area contributed by atoms with E-state index < -0.39 is 9.84 Å². The highest BCUT2D eigenvalue weighted by Crippen LogP contribution is 2.19. The van der Waals surface area contributed by atoms with Crippen molar-refractivity contribution in [3.05, 3.63) is 29.8 Å². The summed E-state index contributed by atoms with van der Waals surface area (Å²) in [5.74, 6) is -0.322. The van der Waals surface area contributed by atoms with Crippen molar-refractivity contribution in [1.82, 2.24) is 5.32 Å². The van der Waals surface area contributed by atoms with E-state index in [1.807, 2.05) is 6.92 Å². The van der Waals surface area contributed by atoms with Gasteiger partial charge in [-0.1, -0.05) is 19.1 Å². The number of carbonyl (C=O) groups is 1. The van der Waals surface area contributed by atoms with E-state index in [1.165, 1.54) is 6.07 Å². The van der Waals surface area contributed by atoms with Gasteiger partial charge in [-0.25, -0.2) is 8.42 Å². The van der Waals surface area contributed by atoms with Crippen molar-refractivity contribution in [1.29, 1.82) is 0 Å². The van der Waals surface area contributed by atoms with Crippen LogP contribution in [0, 0.1) is 0 Å².